The fourth-order valence-corrected chi connectivity index (χ4v) is 2.48. The smallest absolute Gasteiger partial charge is 0.248 e. The number of aliphatic hydroxyl groups is 2. The summed E-state index contributed by atoms with van der Waals surface area (Å²) < 4.78 is 25.8. The van der Waals surface area contributed by atoms with E-state index in [4.69, 9.17) is 5.11 Å². The molecule has 4 heteroatoms. The Labute approximate surface area is 81.9 Å². The van der Waals surface area contributed by atoms with Gasteiger partial charge in [-0.1, -0.05) is 0 Å². The van der Waals surface area contributed by atoms with Gasteiger partial charge in [0.05, 0.1) is 12.2 Å². The van der Waals surface area contributed by atoms with Gasteiger partial charge in [-0.25, -0.2) is 8.78 Å². The molecule has 2 nitrogen and oxygen atoms in total. The predicted octanol–water partition coefficient (Wildman–Crippen LogP) is 1.70. The zero-order chi connectivity index (χ0) is 10.4. The first kappa shape index (κ1) is 10.3. The summed E-state index contributed by atoms with van der Waals surface area (Å²) in [6.45, 7) is -0.0743. The molecule has 0 aromatic carbocycles. The second-order valence-corrected chi connectivity index (χ2v) is 4.83. The molecule has 2 aliphatic carbocycles. The molecule has 0 bridgehead atoms. The standard InChI is InChI=1S/C10H16F2O2/c11-10(12)5-3-9(14,4-6-10)8(7-13)1-2-8/h13-14H,1-7H2. The number of hydrogen-bond acceptors (Lipinski definition) is 2. The van der Waals surface area contributed by atoms with Gasteiger partial charge in [-0.15, -0.1) is 0 Å². The third-order valence-electron chi connectivity index (χ3n) is 3.95. The first-order valence-corrected chi connectivity index (χ1v) is 5.14. The third kappa shape index (κ3) is 1.44. The maximum atomic E-state index is 12.9. The monoisotopic (exact) mass is 206 g/mol. The van der Waals surface area contributed by atoms with E-state index < -0.39 is 16.9 Å². The summed E-state index contributed by atoms with van der Waals surface area (Å²) in [4.78, 5) is 0. The number of halogens is 2. The summed E-state index contributed by atoms with van der Waals surface area (Å²) in [5.74, 6) is -2.61. The van der Waals surface area contributed by atoms with Gasteiger partial charge in [0, 0.05) is 18.3 Å². The van der Waals surface area contributed by atoms with E-state index in [-0.39, 0.29) is 32.3 Å². The molecule has 2 rings (SSSR count). The Morgan fingerprint density at radius 2 is 1.43 bits per heavy atom. The van der Waals surface area contributed by atoms with Crippen molar-refractivity contribution in [3.8, 4) is 0 Å². The van der Waals surface area contributed by atoms with Crippen LogP contribution < -0.4 is 0 Å². The molecule has 0 heterocycles. The van der Waals surface area contributed by atoms with Crippen LogP contribution in [0.5, 0.6) is 0 Å². The second-order valence-electron chi connectivity index (χ2n) is 4.83. The van der Waals surface area contributed by atoms with Crippen molar-refractivity contribution in [2.75, 3.05) is 6.61 Å². The normalized spacial score (nSPS) is 32.6. The Morgan fingerprint density at radius 1 is 0.929 bits per heavy atom. The van der Waals surface area contributed by atoms with E-state index in [1.807, 2.05) is 0 Å². The molecule has 0 radical (unpaired) electrons. The zero-order valence-corrected chi connectivity index (χ0v) is 8.10. The van der Waals surface area contributed by atoms with Gasteiger partial charge in [0.2, 0.25) is 5.92 Å². The highest BCUT2D eigenvalue weighted by atomic mass is 19.3. The molecule has 2 N–H and O–H groups in total. The molecular formula is C10H16F2O2. The van der Waals surface area contributed by atoms with Crippen LogP contribution in [0, 0.1) is 5.41 Å². The van der Waals surface area contributed by atoms with E-state index in [1.165, 1.54) is 0 Å². The van der Waals surface area contributed by atoms with Gasteiger partial charge in [0.25, 0.3) is 0 Å². The molecule has 0 aromatic heterocycles. The third-order valence-corrected chi connectivity index (χ3v) is 3.95. The molecule has 2 fully saturated rings. The van der Waals surface area contributed by atoms with Crippen molar-refractivity contribution in [1.82, 2.24) is 0 Å². The SMILES string of the molecule is OCC1(C2(O)CCC(F)(F)CC2)CC1. The van der Waals surface area contributed by atoms with E-state index in [0.29, 0.717) is 0 Å². The lowest BCUT2D eigenvalue weighted by atomic mass is 9.72. The van der Waals surface area contributed by atoms with Crippen molar-refractivity contribution in [2.45, 2.75) is 50.0 Å². The molecule has 2 saturated carbocycles. The van der Waals surface area contributed by atoms with Crippen molar-refractivity contribution in [3.63, 3.8) is 0 Å². The van der Waals surface area contributed by atoms with Gasteiger partial charge in [-0.2, -0.15) is 0 Å². The molecule has 0 aliphatic heterocycles. The maximum absolute atomic E-state index is 12.9. The van der Waals surface area contributed by atoms with Gasteiger partial charge in [0.1, 0.15) is 0 Å². The van der Waals surface area contributed by atoms with E-state index in [2.05, 4.69) is 0 Å². The molecule has 82 valence electrons. The number of hydrogen-bond donors (Lipinski definition) is 2. The summed E-state index contributed by atoms with van der Waals surface area (Å²) in [6.07, 6.45) is 1.30. The van der Waals surface area contributed by atoms with Crippen LogP contribution in [-0.4, -0.2) is 28.3 Å². The minimum atomic E-state index is -2.61. The topological polar surface area (TPSA) is 40.5 Å². The van der Waals surface area contributed by atoms with Crippen molar-refractivity contribution >= 4 is 0 Å². The molecule has 0 amide bonds. The lowest BCUT2D eigenvalue weighted by molar-refractivity contribution is -0.141. The van der Waals surface area contributed by atoms with Gasteiger partial charge in [-0.3, -0.25) is 0 Å². The van der Waals surface area contributed by atoms with Crippen molar-refractivity contribution < 1.29 is 19.0 Å². The Kier molecular flexibility index (Phi) is 2.13. The average molecular weight is 206 g/mol. The van der Waals surface area contributed by atoms with Crippen LogP contribution >= 0.6 is 0 Å². The first-order chi connectivity index (χ1) is 6.43. The van der Waals surface area contributed by atoms with Gasteiger partial charge in [-0.05, 0) is 25.7 Å². The minimum Gasteiger partial charge on any atom is -0.396 e. The maximum Gasteiger partial charge on any atom is 0.248 e. The lowest BCUT2D eigenvalue weighted by Crippen LogP contribution is -2.47. The quantitative estimate of drug-likeness (QED) is 0.722. The Hall–Kier alpha value is -0.220. The molecule has 0 aromatic rings. The van der Waals surface area contributed by atoms with Crippen LogP contribution in [0.4, 0.5) is 8.78 Å². The first-order valence-electron chi connectivity index (χ1n) is 5.14. The summed E-state index contributed by atoms with van der Waals surface area (Å²) in [7, 11) is 0. The Bertz CT molecular complexity index is 226. The molecular weight excluding hydrogens is 190 g/mol. The van der Waals surface area contributed by atoms with Crippen LogP contribution in [-0.2, 0) is 0 Å². The molecule has 0 saturated heterocycles. The largest absolute Gasteiger partial charge is 0.396 e. The van der Waals surface area contributed by atoms with Crippen LogP contribution in [0.1, 0.15) is 38.5 Å². The van der Waals surface area contributed by atoms with Crippen LogP contribution in [0.25, 0.3) is 0 Å². The highest BCUT2D eigenvalue weighted by Gasteiger charge is 2.60. The van der Waals surface area contributed by atoms with Crippen molar-refractivity contribution in [1.29, 1.82) is 0 Å². The van der Waals surface area contributed by atoms with Crippen LogP contribution in [0.15, 0.2) is 0 Å². The van der Waals surface area contributed by atoms with E-state index >= 15 is 0 Å². The fourth-order valence-electron chi connectivity index (χ4n) is 2.48. The van der Waals surface area contributed by atoms with Crippen molar-refractivity contribution in [2.24, 2.45) is 5.41 Å². The Morgan fingerprint density at radius 3 is 1.79 bits per heavy atom. The Balaban J connectivity index is 2.06. The minimum absolute atomic E-state index is 0.0743. The summed E-state index contributed by atoms with van der Waals surface area (Å²) in [5, 5.41) is 19.4. The van der Waals surface area contributed by atoms with Gasteiger partial charge in [0.15, 0.2) is 0 Å². The number of rotatable bonds is 2. The summed E-state index contributed by atoms with van der Waals surface area (Å²) in [6, 6.07) is 0. The highest BCUT2D eigenvalue weighted by Crippen LogP contribution is 2.59. The lowest BCUT2D eigenvalue weighted by Gasteiger charge is -2.41. The summed E-state index contributed by atoms with van der Waals surface area (Å²) >= 11 is 0. The molecule has 14 heavy (non-hydrogen) atoms. The van der Waals surface area contributed by atoms with Gasteiger partial charge >= 0.3 is 0 Å². The fraction of sp³-hybridized carbons (Fsp3) is 1.00. The molecule has 0 unspecified atom stereocenters. The van der Waals surface area contributed by atoms with Crippen LogP contribution in [0.3, 0.4) is 0 Å². The average Bonchev–Trinajstić information content (AvgIpc) is 2.92. The van der Waals surface area contributed by atoms with Crippen LogP contribution in [0.2, 0.25) is 0 Å². The van der Waals surface area contributed by atoms with Crippen molar-refractivity contribution in [3.05, 3.63) is 0 Å². The van der Waals surface area contributed by atoms with Gasteiger partial charge < -0.3 is 10.2 Å². The summed E-state index contributed by atoms with van der Waals surface area (Å²) in [5.41, 5.74) is -1.49. The molecule has 2 aliphatic rings. The van der Waals surface area contributed by atoms with E-state index in [1.54, 1.807) is 0 Å². The van der Waals surface area contributed by atoms with E-state index in [9.17, 15) is 13.9 Å². The number of aliphatic hydroxyl groups excluding tert-OH is 1. The molecule has 0 spiro atoms. The number of alkyl halides is 2. The predicted molar refractivity (Wildman–Crippen MR) is 47.1 cm³/mol. The molecule has 0 atom stereocenters. The van der Waals surface area contributed by atoms with E-state index in [0.717, 1.165) is 12.8 Å². The highest BCUT2D eigenvalue weighted by molar-refractivity contribution is 5.10. The zero-order valence-electron chi connectivity index (χ0n) is 8.10. The second kappa shape index (κ2) is 2.89.